The smallest absolute Gasteiger partial charge is 0.0732 e. The molecule has 1 heterocycles. The molecule has 0 spiro atoms. The molecule has 2 nitrogen and oxygen atoms in total. The molecule has 1 aliphatic rings. The van der Waals surface area contributed by atoms with Gasteiger partial charge < -0.3 is 5.32 Å². The predicted molar refractivity (Wildman–Crippen MR) is 89.7 cm³/mol. The summed E-state index contributed by atoms with van der Waals surface area (Å²) in [6.07, 6.45) is 6.13. The van der Waals surface area contributed by atoms with Crippen molar-refractivity contribution in [3.05, 3.63) is 32.9 Å². The Morgan fingerprint density at radius 3 is 2.65 bits per heavy atom. The molecule has 1 N–H and O–H groups in total. The van der Waals surface area contributed by atoms with Crippen molar-refractivity contribution in [2.24, 2.45) is 0 Å². The molecule has 106 valence electrons. The van der Waals surface area contributed by atoms with Crippen LogP contribution in [0.3, 0.4) is 0 Å². The molecule has 0 atom stereocenters. The Balaban J connectivity index is 2.40. The minimum Gasteiger partial charge on any atom is -0.387 e. The van der Waals surface area contributed by atoms with Crippen LogP contribution in [0.4, 0.5) is 5.69 Å². The molecule has 1 aliphatic carbocycles. The van der Waals surface area contributed by atoms with Crippen LogP contribution in [0.2, 0.25) is 0 Å². The minimum absolute atomic E-state index is 1.12. The number of rotatable bonds is 1. The van der Waals surface area contributed by atoms with E-state index in [1.54, 1.807) is 0 Å². The third-order valence-corrected chi connectivity index (χ3v) is 5.63. The third-order valence-electron chi connectivity index (χ3n) is 4.41. The number of nitrogens with one attached hydrogen (secondary N) is 1. The van der Waals surface area contributed by atoms with Crippen molar-refractivity contribution in [1.82, 2.24) is 4.98 Å². The fourth-order valence-electron chi connectivity index (χ4n) is 3.37. The van der Waals surface area contributed by atoms with Gasteiger partial charge in [0, 0.05) is 28.3 Å². The average molecular weight is 333 g/mol. The van der Waals surface area contributed by atoms with Gasteiger partial charge in [-0.3, -0.25) is 4.98 Å². The highest BCUT2D eigenvalue weighted by molar-refractivity contribution is 9.10. The highest BCUT2D eigenvalue weighted by atomic mass is 79.9. The molecule has 0 bridgehead atoms. The maximum absolute atomic E-state index is 4.99. The first-order valence-corrected chi connectivity index (χ1v) is 8.21. The maximum atomic E-state index is 4.99. The molecule has 3 rings (SSSR count). The quantitative estimate of drug-likeness (QED) is 0.749. The maximum Gasteiger partial charge on any atom is 0.0732 e. The SMILES string of the molecule is CNc1c2c(nc3cc(C)c(Br)c(C)c13)CCCCC2. The fraction of sp³-hybridized carbons (Fsp3) is 0.471. The summed E-state index contributed by atoms with van der Waals surface area (Å²) in [7, 11) is 2.03. The number of aromatic nitrogens is 1. The first kappa shape index (κ1) is 13.9. The van der Waals surface area contributed by atoms with Gasteiger partial charge in [-0.25, -0.2) is 0 Å². The summed E-state index contributed by atoms with van der Waals surface area (Å²) in [5, 5.41) is 4.74. The minimum atomic E-state index is 1.12. The van der Waals surface area contributed by atoms with Crippen LogP contribution in [-0.2, 0) is 12.8 Å². The van der Waals surface area contributed by atoms with Gasteiger partial charge in [-0.1, -0.05) is 22.4 Å². The first-order chi connectivity index (χ1) is 9.63. The molecule has 0 fully saturated rings. The average Bonchev–Trinajstić information content (AvgIpc) is 2.68. The second-order valence-corrected chi connectivity index (χ2v) is 6.54. The van der Waals surface area contributed by atoms with Crippen LogP contribution in [0.15, 0.2) is 10.5 Å². The lowest BCUT2D eigenvalue weighted by Crippen LogP contribution is -2.05. The molecule has 0 amide bonds. The van der Waals surface area contributed by atoms with Crippen LogP contribution in [0.5, 0.6) is 0 Å². The van der Waals surface area contributed by atoms with E-state index in [1.807, 2.05) is 7.05 Å². The number of hydrogen-bond donors (Lipinski definition) is 1. The van der Waals surface area contributed by atoms with E-state index in [-0.39, 0.29) is 0 Å². The summed E-state index contributed by atoms with van der Waals surface area (Å²) in [6, 6.07) is 2.21. The number of pyridine rings is 1. The molecule has 0 saturated heterocycles. The Hall–Kier alpha value is -1.09. The third kappa shape index (κ3) is 2.12. The highest BCUT2D eigenvalue weighted by Crippen LogP contribution is 2.37. The van der Waals surface area contributed by atoms with Gasteiger partial charge in [0.25, 0.3) is 0 Å². The van der Waals surface area contributed by atoms with E-state index < -0.39 is 0 Å². The highest BCUT2D eigenvalue weighted by Gasteiger charge is 2.19. The van der Waals surface area contributed by atoms with Crippen LogP contribution < -0.4 is 5.32 Å². The summed E-state index contributed by atoms with van der Waals surface area (Å²) >= 11 is 3.72. The molecule has 0 saturated carbocycles. The van der Waals surface area contributed by atoms with Crippen LogP contribution in [0, 0.1) is 13.8 Å². The molecule has 1 aromatic carbocycles. The predicted octanol–water partition coefficient (Wildman–Crippen LogP) is 4.92. The summed E-state index contributed by atoms with van der Waals surface area (Å²) in [6.45, 7) is 4.33. The second-order valence-electron chi connectivity index (χ2n) is 5.75. The lowest BCUT2D eigenvalue weighted by Gasteiger charge is -2.18. The molecule has 20 heavy (non-hydrogen) atoms. The first-order valence-electron chi connectivity index (χ1n) is 7.42. The number of nitrogens with zero attached hydrogens (tertiary/aromatic N) is 1. The zero-order valence-corrected chi connectivity index (χ0v) is 14.0. The van der Waals surface area contributed by atoms with Gasteiger partial charge in [-0.15, -0.1) is 0 Å². The molecule has 1 aromatic heterocycles. The Morgan fingerprint density at radius 1 is 1.15 bits per heavy atom. The zero-order valence-electron chi connectivity index (χ0n) is 12.4. The second kappa shape index (κ2) is 5.36. The normalized spacial score (nSPS) is 15.0. The number of benzene rings is 1. The van der Waals surface area contributed by atoms with Crippen LogP contribution in [0.25, 0.3) is 10.9 Å². The van der Waals surface area contributed by atoms with E-state index in [4.69, 9.17) is 4.98 Å². The van der Waals surface area contributed by atoms with E-state index in [9.17, 15) is 0 Å². The number of anilines is 1. The molecular weight excluding hydrogens is 312 g/mol. The Morgan fingerprint density at radius 2 is 1.90 bits per heavy atom. The van der Waals surface area contributed by atoms with Crippen LogP contribution >= 0.6 is 15.9 Å². The molecule has 0 unspecified atom stereocenters. The number of fused-ring (bicyclic) bond motifs is 2. The van der Waals surface area contributed by atoms with Gasteiger partial charge in [0.15, 0.2) is 0 Å². The Bertz CT molecular complexity index is 677. The monoisotopic (exact) mass is 332 g/mol. The van der Waals surface area contributed by atoms with Crippen molar-refractivity contribution in [1.29, 1.82) is 0 Å². The Kier molecular flexibility index (Phi) is 3.72. The number of halogens is 1. The van der Waals surface area contributed by atoms with E-state index in [0.29, 0.717) is 0 Å². The standard InChI is InChI=1S/C17H21BrN2/c1-10-9-14-15(11(2)16(10)18)17(19-3)12-7-5-4-6-8-13(12)20-14/h9H,4-8H2,1-3H3,(H,19,20). The van der Waals surface area contributed by atoms with Gasteiger partial charge in [0.05, 0.1) is 5.52 Å². The molecule has 0 aliphatic heterocycles. The summed E-state index contributed by atoms with van der Waals surface area (Å²) in [4.78, 5) is 4.99. The summed E-state index contributed by atoms with van der Waals surface area (Å²) in [5.41, 5.74) is 7.73. The van der Waals surface area contributed by atoms with Crippen LogP contribution in [-0.4, -0.2) is 12.0 Å². The molecule has 3 heteroatoms. The Labute approximate surface area is 129 Å². The van der Waals surface area contributed by atoms with Crippen molar-refractivity contribution in [2.45, 2.75) is 46.0 Å². The zero-order chi connectivity index (χ0) is 14.3. The lowest BCUT2D eigenvalue weighted by molar-refractivity contribution is 0.709. The van der Waals surface area contributed by atoms with E-state index >= 15 is 0 Å². The lowest BCUT2D eigenvalue weighted by atomic mass is 9.98. The van der Waals surface area contributed by atoms with E-state index in [2.05, 4.69) is 41.2 Å². The van der Waals surface area contributed by atoms with Gasteiger partial charge in [0.2, 0.25) is 0 Å². The number of aryl methyl sites for hydroxylation is 3. The van der Waals surface area contributed by atoms with Gasteiger partial charge >= 0.3 is 0 Å². The van der Waals surface area contributed by atoms with Crippen molar-refractivity contribution in [2.75, 3.05) is 12.4 Å². The van der Waals surface area contributed by atoms with Crippen molar-refractivity contribution < 1.29 is 0 Å². The van der Waals surface area contributed by atoms with Crippen molar-refractivity contribution >= 4 is 32.5 Å². The van der Waals surface area contributed by atoms with Gasteiger partial charge in [0.1, 0.15) is 0 Å². The largest absolute Gasteiger partial charge is 0.387 e. The molecule has 2 aromatic rings. The van der Waals surface area contributed by atoms with E-state index in [1.165, 1.54) is 57.2 Å². The molecular formula is C17H21BrN2. The fourth-order valence-corrected chi connectivity index (χ4v) is 3.69. The number of hydrogen-bond acceptors (Lipinski definition) is 2. The molecule has 0 radical (unpaired) electrons. The van der Waals surface area contributed by atoms with Gasteiger partial charge in [-0.05, 0) is 62.3 Å². The van der Waals surface area contributed by atoms with E-state index in [0.717, 1.165) is 18.4 Å². The van der Waals surface area contributed by atoms with Crippen LogP contribution in [0.1, 0.15) is 41.6 Å². The van der Waals surface area contributed by atoms with Gasteiger partial charge in [-0.2, -0.15) is 0 Å². The van der Waals surface area contributed by atoms with Crippen molar-refractivity contribution in [3.63, 3.8) is 0 Å². The summed E-state index contributed by atoms with van der Waals surface area (Å²) in [5.74, 6) is 0. The topological polar surface area (TPSA) is 24.9 Å². The summed E-state index contributed by atoms with van der Waals surface area (Å²) < 4.78 is 1.21. The van der Waals surface area contributed by atoms with Crippen molar-refractivity contribution in [3.8, 4) is 0 Å².